The Labute approximate surface area is 341 Å². The Balaban J connectivity index is 0.970. The number of ether oxygens (including phenoxy) is 1. The molecule has 9 rings (SSSR count). The summed E-state index contributed by atoms with van der Waals surface area (Å²) in [6.07, 6.45) is 5.47. The highest BCUT2D eigenvalue weighted by atomic mass is 35.5. The van der Waals surface area contributed by atoms with E-state index in [-0.39, 0.29) is 12.1 Å². The molecule has 4 heterocycles. The van der Waals surface area contributed by atoms with Crippen LogP contribution in [0.5, 0.6) is 5.88 Å². The van der Waals surface area contributed by atoms with Crippen LogP contribution in [0.1, 0.15) is 67.5 Å². The first-order valence-corrected chi connectivity index (χ1v) is 21.7. The quantitative estimate of drug-likeness (QED) is 0.148. The maximum absolute atomic E-state index is 13.1. The molecule has 1 saturated carbocycles. The van der Waals surface area contributed by atoms with Gasteiger partial charge in [0.25, 0.3) is 0 Å². The third-order valence-electron chi connectivity index (χ3n) is 12.4. The number of aliphatic hydroxyl groups excluding tert-OH is 1. The van der Waals surface area contributed by atoms with E-state index in [1.54, 1.807) is 20.2 Å². The van der Waals surface area contributed by atoms with Gasteiger partial charge in [-0.1, -0.05) is 53.5 Å². The zero-order chi connectivity index (χ0) is 39.8. The van der Waals surface area contributed by atoms with Crippen LogP contribution in [0.2, 0.25) is 10.0 Å². The van der Waals surface area contributed by atoms with Gasteiger partial charge in [-0.05, 0) is 93.3 Å². The number of hydrogen-bond acceptors (Lipinski definition) is 11. The van der Waals surface area contributed by atoms with E-state index >= 15 is 0 Å². The summed E-state index contributed by atoms with van der Waals surface area (Å²) >= 11 is 14.2. The normalized spacial score (nSPS) is 22.0. The van der Waals surface area contributed by atoms with Crippen molar-refractivity contribution in [1.29, 1.82) is 0 Å². The first kappa shape index (κ1) is 38.4. The van der Waals surface area contributed by atoms with Crippen molar-refractivity contribution in [3.8, 4) is 39.7 Å². The molecule has 0 bridgehead atoms. The van der Waals surface area contributed by atoms with E-state index < -0.39 is 26.6 Å². The number of carbonyl (C=O) groups excluding carboxylic acids is 1. The number of fused-ring (bicyclic) bond motifs is 2. The highest BCUT2D eigenvalue weighted by molar-refractivity contribution is 7.91. The van der Waals surface area contributed by atoms with Crippen LogP contribution in [-0.2, 0) is 27.8 Å². The van der Waals surface area contributed by atoms with Gasteiger partial charge in [0, 0.05) is 48.9 Å². The minimum atomic E-state index is -3.68. The lowest BCUT2D eigenvalue weighted by Crippen LogP contribution is -2.42. The highest BCUT2D eigenvalue weighted by Crippen LogP contribution is 2.47. The number of β-amino-alcohol motifs (C(OH)–C–C–N with tert-alkyl or cyclic N) is 1. The molecule has 3 atom stereocenters. The monoisotopic (exact) mass is 830 g/mol. The van der Waals surface area contributed by atoms with E-state index in [9.17, 15) is 18.3 Å². The summed E-state index contributed by atoms with van der Waals surface area (Å²) in [6.45, 7) is 6.79. The molecule has 3 fully saturated rings. The Bertz CT molecular complexity index is 2540. The molecular formula is C42H44Cl2N6O6S. The van der Waals surface area contributed by atoms with Gasteiger partial charge in [0.15, 0.2) is 5.58 Å². The van der Waals surface area contributed by atoms with Gasteiger partial charge in [0.1, 0.15) is 11.2 Å². The average Bonchev–Trinajstić information content (AvgIpc) is 3.66. The lowest BCUT2D eigenvalue weighted by atomic mass is 9.94. The second kappa shape index (κ2) is 14.6. The maximum atomic E-state index is 13.1. The van der Waals surface area contributed by atoms with Crippen molar-refractivity contribution in [2.45, 2.75) is 75.8 Å². The highest BCUT2D eigenvalue weighted by Gasteiger charge is 2.51. The third-order valence-corrected chi connectivity index (χ3v) is 15.4. The van der Waals surface area contributed by atoms with Crippen molar-refractivity contribution >= 4 is 50.2 Å². The van der Waals surface area contributed by atoms with Crippen molar-refractivity contribution in [1.82, 2.24) is 29.5 Å². The minimum Gasteiger partial charge on any atom is -0.480 e. The van der Waals surface area contributed by atoms with Crippen LogP contribution in [0.3, 0.4) is 0 Å². The molecule has 57 heavy (non-hydrogen) atoms. The molecule has 0 unspecified atom stereocenters. The van der Waals surface area contributed by atoms with Crippen LogP contribution in [0.4, 0.5) is 0 Å². The number of rotatable bonds is 10. The van der Waals surface area contributed by atoms with Gasteiger partial charge in [-0.25, -0.2) is 18.4 Å². The molecule has 0 spiro atoms. The van der Waals surface area contributed by atoms with Gasteiger partial charge in [-0.15, -0.1) is 0 Å². The van der Waals surface area contributed by atoms with Gasteiger partial charge in [-0.2, -0.15) is 0 Å². The van der Waals surface area contributed by atoms with E-state index in [4.69, 9.17) is 47.3 Å². The number of oxazole rings is 1. The Morgan fingerprint density at radius 3 is 2.51 bits per heavy atom. The lowest BCUT2D eigenvalue weighted by molar-refractivity contribution is -0.122. The van der Waals surface area contributed by atoms with E-state index in [2.05, 4.69) is 20.6 Å². The molecule has 2 aliphatic heterocycles. The Kier molecular flexibility index (Phi) is 9.85. The second-order valence-corrected chi connectivity index (χ2v) is 19.1. The van der Waals surface area contributed by atoms with Crippen molar-refractivity contribution in [2.75, 3.05) is 33.3 Å². The van der Waals surface area contributed by atoms with Crippen LogP contribution < -0.4 is 9.46 Å². The molecular weight excluding hydrogens is 787 g/mol. The van der Waals surface area contributed by atoms with E-state index in [1.165, 1.54) is 0 Å². The molecule has 3 aromatic carbocycles. The SMILES string of the molecule is COc1nc(-c2cccc(-c3cccc(-c4nc5cc6c(c(Cl)c5o4)CC[C@H]6N4CC[C@@H](C(=O)NS(=O)(=O)C5(C)CC5)C4)c3C)c2Cl)cnc1CN1CC[C@@H](O)C1. The largest absolute Gasteiger partial charge is 0.480 e. The number of amides is 1. The predicted molar refractivity (Wildman–Crippen MR) is 219 cm³/mol. The predicted octanol–water partition coefficient (Wildman–Crippen LogP) is 7.12. The van der Waals surface area contributed by atoms with Crippen molar-refractivity contribution in [2.24, 2.45) is 5.92 Å². The minimum absolute atomic E-state index is 0.0387. The summed E-state index contributed by atoms with van der Waals surface area (Å²) in [7, 11) is -2.10. The number of methoxy groups -OCH3 is 1. The van der Waals surface area contributed by atoms with Crippen LogP contribution in [0.15, 0.2) is 53.1 Å². The summed E-state index contributed by atoms with van der Waals surface area (Å²) in [5.74, 6) is 0.0523. The molecule has 5 aromatic rings. The number of carbonyl (C=O) groups is 1. The maximum Gasteiger partial charge on any atom is 0.240 e. The van der Waals surface area contributed by atoms with Crippen LogP contribution in [0.25, 0.3) is 44.9 Å². The first-order valence-electron chi connectivity index (χ1n) is 19.5. The number of likely N-dealkylation sites (tertiary alicyclic amines) is 2. The molecule has 4 aliphatic rings. The molecule has 298 valence electrons. The van der Waals surface area contributed by atoms with Crippen LogP contribution in [0, 0.1) is 12.8 Å². The summed E-state index contributed by atoms with van der Waals surface area (Å²) in [5, 5.41) is 11.0. The lowest BCUT2D eigenvalue weighted by Gasteiger charge is -2.25. The number of sulfonamides is 1. The van der Waals surface area contributed by atoms with Gasteiger partial charge >= 0.3 is 0 Å². The summed E-state index contributed by atoms with van der Waals surface area (Å²) in [5.41, 5.74) is 8.74. The smallest absolute Gasteiger partial charge is 0.240 e. The first-order chi connectivity index (χ1) is 27.3. The van der Waals surface area contributed by atoms with E-state index in [0.717, 1.165) is 59.2 Å². The number of benzene rings is 3. The topological polar surface area (TPSA) is 151 Å². The standard InChI is InChI=1S/C42H44Cl2N6O6S/c1-23-26(28-8-5-9-30(36(28)43)33-19-45-34(41(47-33)55-3)22-49-16-13-25(51)21-49)6-4-7-27(23)40-46-32-18-31-29(37(44)38(32)56-40)10-11-35(31)50-17-12-24(20-50)39(52)48-57(53,54)42(2)14-15-42/h4-9,18-19,24-25,35,51H,10-17,20-22H2,1-3H3,(H,48,52)/t24-,25-,35-/m1/s1. The molecule has 2 N–H and O–H groups in total. The van der Waals surface area contributed by atoms with Crippen molar-refractivity contribution in [3.05, 3.63) is 81.1 Å². The molecule has 2 saturated heterocycles. The number of aromatic nitrogens is 3. The molecule has 0 radical (unpaired) electrons. The number of nitrogens with one attached hydrogen (secondary N) is 1. The van der Waals surface area contributed by atoms with Crippen LogP contribution in [-0.4, -0.2) is 88.3 Å². The van der Waals surface area contributed by atoms with Crippen LogP contribution >= 0.6 is 23.2 Å². The molecule has 12 nitrogen and oxygen atoms in total. The number of halogens is 2. The van der Waals surface area contributed by atoms with Gasteiger partial charge in [0.05, 0.1) is 45.8 Å². The zero-order valence-corrected chi connectivity index (χ0v) is 34.3. The molecule has 2 aliphatic carbocycles. The molecule has 2 aromatic heterocycles. The fourth-order valence-electron chi connectivity index (χ4n) is 8.70. The van der Waals surface area contributed by atoms with E-state index in [0.29, 0.717) is 95.3 Å². The Morgan fingerprint density at radius 2 is 1.77 bits per heavy atom. The Morgan fingerprint density at radius 1 is 1.02 bits per heavy atom. The van der Waals surface area contributed by atoms with Gasteiger partial charge < -0.3 is 14.3 Å². The van der Waals surface area contributed by atoms with Crippen molar-refractivity contribution < 1.29 is 27.5 Å². The fraction of sp³-hybridized carbons (Fsp3) is 0.429. The fourth-order valence-corrected chi connectivity index (χ4v) is 10.7. The molecule has 1 amide bonds. The number of aliphatic hydroxyl groups is 1. The summed E-state index contributed by atoms with van der Waals surface area (Å²) in [4.78, 5) is 31.9. The van der Waals surface area contributed by atoms with Gasteiger partial charge in [-0.3, -0.25) is 24.3 Å². The third kappa shape index (κ3) is 6.89. The summed E-state index contributed by atoms with van der Waals surface area (Å²) in [6, 6.07) is 13.9. The number of hydrogen-bond donors (Lipinski definition) is 2. The number of nitrogens with zero attached hydrogens (tertiary/aromatic N) is 5. The van der Waals surface area contributed by atoms with Crippen molar-refractivity contribution in [3.63, 3.8) is 0 Å². The zero-order valence-electron chi connectivity index (χ0n) is 32.0. The van der Waals surface area contributed by atoms with Gasteiger partial charge in [0.2, 0.25) is 27.7 Å². The second-order valence-electron chi connectivity index (χ2n) is 16.1. The molecule has 15 heteroatoms. The average molecular weight is 832 g/mol. The van der Waals surface area contributed by atoms with E-state index in [1.807, 2.05) is 43.3 Å². The Hall–Kier alpha value is -4.11. The summed E-state index contributed by atoms with van der Waals surface area (Å²) < 4.78 is 39.1.